The minimum Gasteiger partial charge on any atom is -0.392 e. The van der Waals surface area contributed by atoms with E-state index in [1.54, 1.807) is 0 Å². The predicted molar refractivity (Wildman–Crippen MR) is 42.6 cm³/mol. The number of terminal acetylenes is 1. The van der Waals surface area contributed by atoms with E-state index in [4.69, 9.17) is 11.5 Å². The van der Waals surface area contributed by atoms with E-state index in [0.717, 1.165) is 6.42 Å². The number of aliphatic hydroxyl groups excluding tert-OH is 1. The Morgan fingerprint density at radius 3 is 2.70 bits per heavy atom. The molecule has 0 heterocycles. The number of hydrogen-bond acceptors (Lipinski definition) is 2. The highest BCUT2D eigenvalue weighted by Gasteiger charge is 2.02. The van der Waals surface area contributed by atoms with Crippen LogP contribution in [-0.4, -0.2) is 36.2 Å². The zero-order chi connectivity index (χ0) is 7.98. The first-order valence-corrected chi connectivity index (χ1v) is 3.50. The van der Waals surface area contributed by atoms with Crippen LogP contribution >= 0.6 is 0 Å². The van der Waals surface area contributed by atoms with Crippen molar-refractivity contribution in [3.63, 3.8) is 0 Å². The molecule has 0 spiro atoms. The lowest BCUT2D eigenvalue weighted by molar-refractivity contribution is 0.128. The smallest absolute Gasteiger partial charge is 0.0664 e. The van der Waals surface area contributed by atoms with E-state index >= 15 is 0 Å². The van der Waals surface area contributed by atoms with E-state index in [9.17, 15) is 0 Å². The molecule has 0 radical (unpaired) electrons. The Morgan fingerprint density at radius 2 is 2.30 bits per heavy atom. The topological polar surface area (TPSA) is 23.5 Å². The second-order valence-corrected chi connectivity index (χ2v) is 2.46. The predicted octanol–water partition coefficient (Wildman–Crippen LogP) is 0.322. The van der Waals surface area contributed by atoms with Crippen molar-refractivity contribution in [2.45, 2.75) is 19.4 Å². The summed E-state index contributed by atoms with van der Waals surface area (Å²) in [5.74, 6) is 2.51. The van der Waals surface area contributed by atoms with E-state index in [1.165, 1.54) is 0 Å². The highest BCUT2D eigenvalue weighted by atomic mass is 16.3. The van der Waals surface area contributed by atoms with E-state index in [2.05, 4.69) is 5.92 Å². The van der Waals surface area contributed by atoms with Crippen LogP contribution in [0.3, 0.4) is 0 Å². The van der Waals surface area contributed by atoms with Gasteiger partial charge in [0.25, 0.3) is 0 Å². The van der Waals surface area contributed by atoms with Crippen LogP contribution in [0.1, 0.15) is 13.3 Å². The van der Waals surface area contributed by atoms with Crippen molar-refractivity contribution in [2.24, 2.45) is 0 Å². The maximum Gasteiger partial charge on any atom is 0.0664 e. The summed E-state index contributed by atoms with van der Waals surface area (Å²) in [6, 6.07) is 0. The van der Waals surface area contributed by atoms with Gasteiger partial charge in [0.05, 0.1) is 12.6 Å². The number of hydrogen-bond donors (Lipinski definition) is 1. The molecule has 58 valence electrons. The second-order valence-electron chi connectivity index (χ2n) is 2.46. The fourth-order valence-corrected chi connectivity index (χ4v) is 0.709. The van der Waals surface area contributed by atoms with E-state index in [1.807, 2.05) is 18.9 Å². The Kier molecular flexibility index (Phi) is 5.00. The normalized spacial score (nSPS) is 13.1. The molecule has 1 atom stereocenters. The Morgan fingerprint density at radius 1 is 1.70 bits per heavy atom. The van der Waals surface area contributed by atoms with Gasteiger partial charge in [-0.2, -0.15) is 0 Å². The lowest BCUT2D eigenvalue weighted by Gasteiger charge is -2.16. The minimum atomic E-state index is -0.238. The number of aliphatic hydroxyl groups is 1. The Balaban J connectivity index is 3.38. The van der Waals surface area contributed by atoms with Crippen LogP contribution in [0.4, 0.5) is 0 Å². The molecule has 0 aromatic rings. The molecule has 0 aliphatic heterocycles. The summed E-state index contributed by atoms with van der Waals surface area (Å²) in [7, 11) is 1.90. The zero-order valence-electron chi connectivity index (χ0n) is 6.67. The van der Waals surface area contributed by atoms with Gasteiger partial charge in [-0.15, -0.1) is 6.42 Å². The quantitative estimate of drug-likeness (QED) is 0.570. The maximum atomic E-state index is 9.14. The molecule has 2 heteroatoms. The molecule has 0 aromatic heterocycles. The molecule has 1 N–H and O–H groups in total. The average molecular weight is 141 g/mol. The largest absolute Gasteiger partial charge is 0.392 e. The lowest BCUT2D eigenvalue weighted by atomic mass is 10.2. The van der Waals surface area contributed by atoms with Crippen LogP contribution in [0.25, 0.3) is 0 Å². The molecular weight excluding hydrogens is 126 g/mol. The average Bonchev–Trinajstić information content (AvgIpc) is 1.88. The van der Waals surface area contributed by atoms with Crippen LogP contribution < -0.4 is 0 Å². The van der Waals surface area contributed by atoms with Gasteiger partial charge in [-0.1, -0.05) is 12.8 Å². The first-order chi connectivity index (χ1) is 4.70. The second kappa shape index (κ2) is 5.28. The molecule has 10 heavy (non-hydrogen) atoms. The van der Waals surface area contributed by atoms with Gasteiger partial charge in [0, 0.05) is 6.54 Å². The molecule has 0 rings (SSSR count). The Bertz CT molecular complexity index is 117. The fourth-order valence-electron chi connectivity index (χ4n) is 0.709. The van der Waals surface area contributed by atoms with Gasteiger partial charge >= 0.3 is 0 Å². The number of likely N-dealkylation sites (N-methyl/N-ethyl adjacent to an activating group) is 1. The van der Waals surface area contributed by atoms with E-state index < -0.39 is 0 Å². The summed E-state index contributed by atoms with van der Waals surface area (Å²) in [5.41, 5.74) is 0. The Hall–Kier alpha value is -0.520. The summed E-state index contributed by atoms with van der Waals surface area (Å²) < 4.78 is 0. The van der Waals surface area contributed by atoms with Gasteiger partial charge < -0.3 is 5.11 Å². The fraction of sp³-hybridized carbons (Fsp3) is 0.750. The van der Waals surface area contributed by atoms with Crippen molar-refractivity contribution in [1.82, 2.24) is 4.90 Å². The first kappa shape index (κ1) is 9.48. The third kappa shape index (κ3) is 4.37. The molecule has 0 aromatic carbocycles. The SMILES string of the molecule is C#CCN(C)C[C@@H](O)CC. The molecule has 0 saturated carbocycles. The van der Waals surface area contributed by atoms with Crippen molar-refractivity contribution in [2.75, 3.05) is 20.1 Å². The summed E-state index contributed by atoms with van der Waals surface area (Å²) in [6.07, 6.45) is 5.62. The molecule has 0 unspecified atom stereocenters. The van der Waals surface area contributed by atoms with Gasteiger partial charge in [-0.05, 0) is 13.5 Å². The number of rotatable bonds is 4. The number of nitrogens with zero attached hydrogens (tertiary/aromatic N) is 1. The molecule has 0 fully saturated rings. The summed E-state index contributed by atoms with van der Waals surface area (Å²) in [5, 5.41) is 9.14. The van der Waals surface area contributed by atoms with Crippen molar-refractivity contribution in [3.8, 4) is 12.3 Å². The van der Waals surface area contributed by atoms with Crippen LogP contribution in [0, 0.1) is 12.3 Å². The van der Waals surface area contributed by atoms with E-state index in [0.29, 0.717) is 13.1 Å². The van der Waals surface area contributed by atoms with Crippen molar-refractivity contribution >= 4 is 0 Å². The summed E-state index contributed by atoms with van der Waals surface area (Å²) >= 11 is 0. The van der Waals surface area contributed by atoms with Gasteiger partial charge in [-0.25, -0.2) is 0 Å². The maximum absolute atomic E-state index is 9.14. The lowest BCUT2D eigenvalue weighted by Crippen LogP contribution is -2.28. The first-order valence-electron chi connectivity index (χ1n) is 3.50. The van der Waals surface area contributed by atoms with Crippen LogP contribution in [0.15, 0.2) is 0 Å². The zero-order valence-corrected chi connectivity index (χ0v) is 6.67. The van der Waals surface area contributed by atoms with E-state index in [-0.39, 0.29) is 6.10 Å². The van der Waals surface area contributed by atoms with Gasteiger partial charge in [0.15, 0.2) is 0 Å². The van der Waals surface area contributed by atoms with Crippen LogP contribution in [-0.2, 0) is 0 Å². The van der Waals surface area contributed by atoms with Crippen molar-refractivity contribution in [3.05, 3.63) is 0 Å². The monoisotopic (exact) mass is 141 g/mol. The third-order valence-corrected chi connectivity index (χ3v) is 1.35. The third-order valence-electron chi connectivity index (χ3n) is 1.35. The molecule has 2 nitrogen and oxygen atoms in total. The molecule has 0 bridgehead atoms. The molecule has 0 aliphatic carbocycles. The molecule has 0 amide bonds. The Labute approximate surface area is 62.8 Å². The highest BCUT2D eigenvalue weighted by Crippen LogP contribution is 1.92. The molecular formula is C8H15NO. The van der Waals surface area contributed by atoms with Gasteiger partial charge in [0.2, 0.25) is 0 Å². The standard InChI is InChI=1S/C8H15NO/c1-4-6-9(3)7-8(10)5-2/h1,8,10H,5-7H2,2-3H3/t8-/m0/s1. The minimum absolute atomic E-state index is 0.238. The van der Waals surface area contributed by atoms with Crippen LogP contribution in [0.5, 0.6) is 0 Å². The van der Waals surface area contributed by atoms with Crippen molar-refractivity contribution < 1.29 is 5.11 Å². The highest BCUT2D eigenvalue weighted by molar-refractivity contribution is 4.87. The van der Waals surface area contributed by atoms with Gasteiger partial charge in [-0.3, -0.25) is 4.90 Å². The molecule has 0 saturated heterocycles. The van der Waals surface area contributed by atoms with Gasteiger partial charge in [0.1, 0.15) is 0 Å². The summed E-state index contributed by atoms with van der Waals surface area (Å²) in [6.45, 7) is 3.23. The van der Waals surface area contributed by atoms with Crippen molar-refractivity contribution in [1.29, 1.82) is 0 Å². The molecule has 0 aliphatic rings. The summed E-state index contributed by atoms with van der Waals surface area (Å²) in [4.78, 5) is 1.92. The van der Waals surface area contributed by atoms with Crippen LogP contribution in [0.2, 0.25) is 0 Å².